The van der Waals surface area contributed by atoms with Crippen LogP contribution in [-0.2, 0) is 16.1 Å². The number of ether oxygens (including phenoxy) is 1. The molecular weight excluding hydrogens is 294 g/mol. The molecule has 23 heavy (non-hydrogen) atoms. The third kappa shape index (κ3) is 3.72. The first kappa shape index (κ1) is 16.4. The lowest BCUT2D eigenvalue weighted by molar-refractivity contribution is -0.144. The fourth-order valence-electron chi connectivity index (χ4n) is 3.66. The molecule has 7 nitrogen and oxygen atoms in total. The highest BCUT2D eigenvalue weighted by Crippen LogP contribution is 2.24. The molecule has 3 heterocycles. The quantitative estimate of drug-likeness (QED) is 0.879. The van der Waals surface area contributed by atoms with Crippen molar-refractivity contribution in [2.75, 3.05) is 19.6 Å². The highest BCUT2D eigenvalue weighted by atomic mass is 16.5. The predicted molar refractivity (Wildman–Crippen MR) is 85.7 cm³/mol. The number of rotatable bonds is 4. The van der Waals surface area contributed by atoms with E-state index >= 15 is 0 Å². The van der Waals surface area contributed by atoms with Crippen molar-refractivity contribution in [3.63, 3.8) is 0 Å². The van der Waals surface area contributed by atoms with Crippen LogP contribution in [0.25, 0.3) is 0 Å². The first-order chi connectivity index (χ1) is 11.1. The second-order valence-electron chi connectivity index (χ2n) is 6.74. The van der Waals surface area contributed by atoms with Crippen LogP contribution >= 0.6 is 0 Å². The summed E-state index contributed by atoms with van der Waals surface area (Å²) in [6, 6.07) is 0. The minimum absolute atomic E-state index is 0.0466. The molecule has 0 saturated carbocycles. The monoisotopic (exact) mass is 321 g/mol. The fraction of sp³-hybridized carbons (Fsp3) is 0.812. The van der Waals surface area contributed by atoms with Crippen molar-refractivity contribution in [3.8, 4) is 0 Å². The van der Waals surface area contributed by atoms with Crippen LogP contribution in [0.4, 0.5) is 0 Å². The zero-order chi connectivity index (χ0) is 16.4. The maximum atomic E-state index is 12.7. The van der Waals surface area contributed by atoms with Crippen molar-refractivity contribution < 1.29 is 9.53 Å². The maximum absolute atomic E-state index is 12.7. The number of hydrogen-bond acceptors (Lipinski definition) is 5. The topological polar surface area (TPSA) is 86.3 Å². The minimum atomic E-state index is -0.294. The molecule has 2 N–H and O–H groups in total. The molecule has 3 atom stereocenters. The molecule has 3 rings (SSSR count). The molecular formula is C16H27N5O2. The van der Waals surface area contributed by atoms with Gasteiger partial charge in [0.25, 0.3) is 5.91 Å². The molecule has 2 aliphatic heterocycles. The van der Waals surface area contributed by atoms with Crippen LogP contribution in [0.3, 0.4) is 0 Å². The summed E-state index contributed by atoms with van der Waals surface area (Å²) in [6.45, 7) is 6.82. The van der Waals surface area contributed by atoms with Gasteiger partial charge in [-0.05, 0) is 45.4 Å². The summed E-state index contributed by atoms with van der Waals surface area (Å²) in [4.78, 5) is 19.0. The van der Waals surface area contributed by atoms with E-state index in [0.29, 0.717) is 12.5 Å². The van der Waals surface area contributed by atoms with Gasteiger partial charge in [0, 0.05) is 26.2 Å². The van der Waals surface area contributed by atoms with Gasteiger partial charge in [-0.15, -0.1) is 0 Å². The molecule has 0 aromatic carbocycles. The summed E-state index contributed by atoms with van der Waals surface area (Å²) in [5.74, 6) is 2.31. The SMILES string of the molecule is Cc1nc(C)n(CC2CCCN(C(=O)[C@@H]3CC[C@H](CN)O3)C2)n1. The average molecular weight is 321 g/mol. The van der Waals surface area contributed by atoms with Crippen LogP contribution < -0.4 is 5.73 Å². The lowest BCUT2D eigenvalue weighted by Crippen LogP contribution is -2.46. The van der Waals surface area contributed by atoms with Gasteiger partial charge in [-0.1, -0.05) is 0 Å². The summed E-state index contributed by atoms with van der Waals surface area (Å²) in [5, 5.41) is 4.44. The third-order valence-corrected chi connectivity index (χ3v) is 4.87. The molecule has 1 amide bonds. The van der Waals surface area contributed by atoms with E-state index in [1.54, 1.807) is 0 Å². The van der Waals surface area contributed by atoms with Gasteiger partial charge in [0.15, 0.2) is 0 Å². The molecule has 128 valence electrons. The molecule has 0 spiro atoms. The standard InChI is InChI=1S/C16H27N5O2/c1-11-18-12(2)21(19-11)10-13-4-3-7-20(9-13)16(22)15-6-5-14(8-17)23-15/h13-15H,3-10,17H2,1-2H3/t13?,14-,15+/m1/s1. The Morgan fingerprint density at radius 3 is 2.83 bits per heavy atom. The summed E-state index contributed by atoms with van der Waals surface area (Å²) in [7, 11) is 0. The number of piperidine rings is 1. The summed E-state index contributed by atoms with van der Waals surface area (Å²) in [5.41, 5.74) is 5.63. The van der Waals surface area contributed by atoms with Gasteiger partial charge in [0.2, 0.25) is 0 Å². The Bertz CT molecular complexity index is 559. The Hall–Kier alpha value is -1.47. The molecule has 2 saturated heterocycles. The number of aryl methyl sites for hydroxylation is 2. The first-order valence-electron chi connectivity index (χ1n) is 8.59. The molecule has 7 heteroatoms. The lowest BCUT2D eigenvalue weighted by atomic mass is 9.97. The van der Waals surface area contributed by atoms with Crippen LogP contribution in [0.2, 0.25) is 0 Å². The van der Waals surface area contributed by atoms with Crippen LogP contribution in [-0.4, -0.2) is 57.4 Å². The van der Waals surface area contributed by atoms with Crippen LogP contribution in [0.5, 0.6) is 0 Å². The van der Waals surface area contributed by atoms with Gasteiger partial charge in [-0.2, -0.15) is 5.10 Å². The summed E-state index contributed by atoms with van der Waals surface area (Å²) >= 11 is 0. The van der Waals surface area contributed by atoms with E-state index in [9.17, 15) is 4.79 Å². The van der Waals surface area contributed by atoms with E-state index in [1.165, 1.54) is 0 Å². The third-order valence-electron chi connectivity index (χ3n) is 4.87. The van der Waals surface area contributed by atoms with E-state index in [2.05, 4.69) is 10.1 Å². The number of hydrogen-bond donors (Lipinski definition) is 1. The van der Waals surface area contributed by atoms with Gasteiger partial charge in [-0.25, -0.2) is 9.67 Å². The fourth-order valence-corrected chi connectivity index (χ4v) is 3.66. The Balaban J connectivity index is 1.57. The number of nitrogens with zero attached hydrogens (tertiary/aromatic N) is 4. The van der Waals surface area contributed by atoms with Crippen molar-refractivity contribution in [1.82, 2.24) is 19.7 Å². The van der Waals surface area contributed by atoms with E-state index in [0.717, 1.165) is 57.0 Å². The summed E-state index contributed by atoms with van der Waals surface area (Å²) < 4.78 is 7.72. The number of aromatic nitrogens is 3. The van der Waals surface area contributed by atoms with Crippen LogP contribution in [0, 0.1) is 19.8 Å². The molecule has 2 fully saturated rings. The highest BCUT2D eigenvalue weighted by Gasteiger charge is 2.34. The van der Waals surface area contributed by atoms with Crippen molar-refractivity contribution >= 4 is 5.91 Å². The average Bonchev–Trinajstić information content (AvgIpc) is 3.14. The molecule has 0 aliphatic carbocycles. The number of amides is 1. The maximum Gasteiger partial charge on any atom is 0.251 e. The van der Waals surface area contributed by atoms with E-state index in [-0.39, 0.29) is 18.1 Å². The van der Waals surface area contributed by atoms with Gasteiger partial charge in [0.1, 0.15) is 17.8 Å². The van der Waals surface area contributed by atoms with Gasteiger partial charge in [0.05, 0.1) is 6.10 Å². The minimum Gasteiger partial charge on any atom is -0.364 e. The van der Waals surface area contributed by atoms with Crippen molar-refractivity contribution in [2.45, 2.75) is 58.3 Å². The largest absolute Gasteiger partial charge is 0.364 e. The number of carbonyl (C=O) groups is 1. The number of carbonyl (C=O) groups excluding carboxylic acids is 1. The zero-order valence-corrected chi connectivity index (χ0v) is 14.1. The smallest absolute Gasteiger partial charge is 0.251 e. The van der Waals surface area contributed by atoms with Crippen molar-refractivity contribution in [1.29, 1.82) is 0 Å². The van der Waals surface area contributed by atoms with E-state index in [4.69, 9.17) is 10.5 Å². The molecule has 1 aromatic heterocycles. The Morgan fingerprint density at radius 2 is 2.17 bits per heavy atom. The Morgan fingerprint density at radius 1 is 1.35 bits per heavy atom. The van der Waals surface area contributed by atoms with Crippen molar-refractivity contribution in [3.05, 3.63) is 11.6 Å². The first-order valence-corrected chi connectivity index (χ1v) is 8.59. The Labute approximate surface area is 137 Å². The molecule has 1 aromatic rings. The normalized spacial score (nSPS) is 28.3. The van der Waals surface area contributed by atoms with E-state index < -0.39 is 0 Å². The predicted octanol–water partition coefficient (Wildman–Crippen LogP) is 0.640. The van der Waals surface area contributed by atoms with Gasteiger partial charge >= 0.3 is 0 Å². The molecule has 1 unspecified atom stereocenters. The van der Waals surface area contributed by atoms with Crippen molar-refractivity contribution in [2.24, 2.45) is 11.7 Å². The van der Waals surface area contributed by atoms with E-state index in [1.807, 2.05) is 23.4 Å². The second kappa shape index (κ2) is 6.97. The molecule has 0 bridgehead atoms. The summed E-state index contributed by atoms with van der Waals surface area (Å²) in [6.07, 6.45) is 3.60. The number of likely N-dealkylation sites (tertiary alicyclic amines) is 1. The highest BCUT2D eigenvalue weighted by molar-refractivity contribution is 5.81. The zero-order valence-electron chi connectivity index (χ0n) is 14.1. The van der Waals surface area contributed by atoms with Gasteiger partial charge < -0.3 is 15.4 Å². The van der Waals surface area contributed by atoms with Crippen LogP contribution in [0.15, 0.2) is 0 Å². The molecule has 2 aliphatic rings. The lowest BCUT2D eigenvalue weighted by Gasteiger charge is -2.34. The van der Waals surface area contributed by atoms with Crippen LogP contribution in [0.1, 0.15) is 37.3 Å². The Kier molecular flexibility index (Phi) is 4.96. The number of nitrogens with two attached hydrogens (primary N) is 1. The second-order valence-corrected chi connectivity index (χ2v) is 6.74. The van der Waals surface area contributed by atoms with Gasteiger partial charge in [-0.3, -0.25) is 4.79 Å². The molecule has 0 radical (unpaired) electrons.